The van der Waals surface area contributed by atoms with Crippen molar-refractivity contribution in [1.82, 2.24) is 14.9 Å². The quantitative estimate of drug-likeness (QED) is 0.527. The minimum atomic E-state index is -0.267. The molecule has 2 aromatic carbocycles. The van der Waals surface area contributed by atoms with Gasteiger partial charge in [-0.2, -0.15) is 4.98 Å². The van der Waals surface area contributed by atoms with Gasteiger partial charge in [0.15, 0.2) is 11.5 Å². The molecule has 2 aliphatic heterocycles. The van der Waals surface area contributed by atoms with Gasteiger partial charge in [0.2, 0.25) is 5.95 Å². The summed E-state index contributed by atoms with van der Waals surface area (Å²) >= 11 is 3.47. The zero-order valence-corrected chi connectivity index (χ0v) is 20.8. The van der Waals surface area contributed by atoms with Gasteiger partial charge in [0.25, 0.3) is 0 Å². The SMILES string of the molecule is CN(C)CC1COc2ccc(Nc3ncc4c(n3)N(C)CN(c3c(F)cccc3Br)C4)cc2O1. The maximum absolute atomic E-state index is 14.5. The molecule has 5 rings (SSSR count). The molecule has 1 N–H and O–H groups in total. The van der Waals surface area contributed by atoms with Crippen molar-refractivity contribution >= 4 is 39.1 Å². The Morgan fingerprint density at radius 3 is 2.88 bits per heavy atom. The maximum atomic E-state index is 14.5. The molecule has 1 aromatic heterocycles. The highest BCUT2D eigenvalue weighted by Crippen LogP contribution is 2.37. The molecule has 1 atom stereocenters. The van der Waals surface area contributed by atoms with Crippen LogP contribution in [0.15, 0.2) is 47.1 Å². The molecule has 10 heteroatoms. The van der Waals surface area contributed by atoms with Crippen molar-refractivity contribution in [3.05, 3.63) is 58.4 Å². The molecule has 0 bridgehead atoms. The number of fused-ring (bicyclic) bond motifs is 2. The lowest BCUT2D eigenvalue weighted by Gasteiger charge is -2.37. The summed E-state index contributed by atoms with van der Waals surface area (Å²) < 4.78 is 27.2. The fraction of sp³-hybridized carbons (Fsp3) is 0.333. The summed E-state index contributed by atoms with van der Waals surface area (Å²) in [7, 11) is 5.96. The third-order valence-electron chi connectivity index (χ3n) is 5.69. The minimum absolute atomic E-state index is 0.0242. The Morgan fingerprint density at radius 1 is 1.24 bits per heavy atom. The van der Waals surface area contributed by atoms with Gasteiger partial charge >= 0.3 is 0 Å². The molecule has 3 heterocycles. The summed E-state index contributed by atoms with van der Waals surface area (Å²) in [6.45, 7) is 2.31. The summed E-state index contributed by atoms with van der Waals surface area (Å²) in [6.07, 6.45) is 1.76. The van der Waals surface area contributed by atoms with Crippen molar-refractivity contribution in [2.45, 2.75) is 12.6 Å². The van der Waals surface area contributed by atoms with Gasteiger partial charge < -0.3 is 29.5 Å². The van der Waals surface area contributed by atoms with Crippen LogP contribution in [0.1, 0.15) is 5.56 Å². The molecule has 0 saturated carbocycles. The zero-order valence-electron chi connectivity index (χ0n) is 19.3. The number of nitrogens with zero attached hydrogens (tertiary/aromatic N) is 5. The van der Waals surface area contributed by atoms with E-state index in [2.05, 4.69) is 31.1 Å². The average molecular weight is 529 g/mol. The smallest absolute Gasteiger partial charge is 0.229 e. The Morgan fingerprint density at radius 2 is 2.09 bits per heavy atom. The lowest BCUT2D eigenvalue weighted by atomic mass is 10.2. The van der Waals surface area contributed by atoms with E-state index in [0.29, 0.717) is 37.2 Å². The first kappa shape index (κ1) is 22.7. The summed E-state index contributed by atoms with van der Waals surface area (Å²) in [6, 6.07) is 10.7. The summed E-state index contributed by atoms with van der Waals surface area (Å²) in [5.74, 6) is 2.45. The van der Waals surface area contributed by atoms with Crippen LogP contribution in [0.3, 0.4) is 0 Å². The average Bonchev–Trinajstić information content (AvgIpc) is 2.79. The predicted molar refractivity (Wildman–Crippen MR) is 134 cm³/mol. The predicted octanol–water partition coefficient (Wildman–Crippen LogP) is 4.24. The van der Waals surface area contributed by atoms with Crippen molar-refractivity contribution in [2.24, 2.45) is 0 Å². The molecular formula is C24H26BrFN6O2. The molecule has 0 aliphatic carbocycles. The molecule has 1 unspecified atom stereocenters. The molecule has 3 aromatic rings. The second kappa shape index (κ2) is 9.27. The molecule has 0 fully saturated rings. The molecular weight excluding hydrogens is 503 g/mol. The van der Waals surface area contributed by atoms with Gasteiger partial charge in [-0.25, -0.2) is 9.37 Å². The van der Waals surface area contributed by atoms with Crippen molar-refractivity contribution in [1.29, 1.82) is 0 Å². The van der Waals surface area contributed by atoms with E-state index in [0.717, 1.165) is 33.8 Å². The second-order valence-corrected chi connectivity index (χ2v) is 9.60. The van der Waals surface area contributed by atoms with Gasteiger partial charge in [0.1, 0.15) is 24.3 Å². The van der Waals surface area contributed by atoms with E-state index in [1.165, 1.54) is 6.07 Å². The van der Waals surface area contributed by atoms with E-state index in [-0.39, 0.29) is 11.9 Å². The van der Waals surface area contributed by atoms with Crippen LogP contribution in [0.25, 0.3) is 0 Å². The van der Waals surface area contributed by atoms with Crippen LogP contribution < -0.4 is 24.6 Å². The number of benzene rings is 2. The normalized spacial score (nSPS) is 17.1. The van der Waals surface area contributed by atoms with Crippen LogP contribution in [0.5, 0.6) is 11.5 Å². The number of hydrogen-bond acceptors (Lipinski definition) is 8. The maximum Gasteiger partial charge on any atom is 0.229 e. The highest BCUT2D eigenvalue weighted by Gasteiger charge is 2.26. The molecule has 0 saturated heterocycles. The third kappa shape index (κ3) is 4.60. The monoisotopic (exact) mass is 528 g/mol. The number of ether oxygens (including phenoxy) is 2. The topological polar surface area (TPSA) is 66.0 Å². The zero-order chi connectivity index (χ0) is 23.8. The van der Waals surface area contributed by atoms with Crippen LogP contribution in [0.2, 0.25) is 0 Å². The number of nitrogens with one attached hydrogen (secondary N) is 1. The molecule has 0 radical (unpaired) electrons. The standard InChI is InChI=1S/C24H26BrFN6O2/c1-30(2)12-17-13-33-20-8-7-16(9-21(20)34-17)28-24-27-10-15-11-32(14-31(3)23(15)29-24)22-18(25)5-4-6-19(22)26/h4-10,17H,11-14H2,1-3H3,(H,27,28,29). The van der Waals surface area contributed by atoms with Crippen molar-refractivity contribution < 1.29 is 13.9 Å². The highest BCUT2D eigenvalue weighted by molar-refractivity contribution is 9.10. The minimum Gasteiger partial charge on any atom is -0.486 e. The van der Waals surface area contributed by atoms with Gasteiger partial charge in [-0.3, -0.25) is 0 Å². The third-order valence-corrected chi connectivity index (χ3v) is 6.33. The fourth-order valence-corrected chi connectivity index (χ4v) is 4.83. The Hall–Kier alpha value is -3.11. The van der Waals surface area contributed by atoms with Gasteiger partial charge in [-0.05, 0) is 54.3 Å². The van der Waals surface area contributed by atoms with Crippen LogP contribution in [-0.2, 0) is 6.54 Å². The van der Waals surface area contributed by atoms with Crippen LogP contribution in [0.4, 0.5) is 27.5 Å². The van der Waals surface area contributed by atoms with Gasteiger partial charge in [-0.1, -0.05) is 6.07 Å². The summed E-state index contributed by atoms with van der Waals surface area (Å²) in [5, 5.41) is 3.27. The largest absolute Gasteiger partial charge is 0.486 e. The first-order chi connectivity index (χ1) is 16.4. The van der Waals surface area contributed by atoms with Gasteiger partial charge in [0, 0.05) is 41.6 Å². The number of anilines is 4. The molecule has 178 valence electrons. The summed E-state index contributed by atoms with van der Waals surface area (Å²) in [5.41, 5.74) is 2.26. The summed E-state index contributed by atoms with van der Waals surface area (Å²) in [4.78, 5) is 15.2. The number of rotatable bonds is 5. The molecule has 2 aliphatic rings. The van der Waals surface area contributed by atoms with Crippen LogP contribution in [0, 0.1) is 5.82 Å². The van der Waals surface area contributed by atoms with E-state index >= 15 is 0 Å². The Bertz CT molecular complexity index is 1190. The van der Waals surface area contributed by atoms with E-state index in [1.54, 1.807) is 12.3 Å². The van der Waals surface area contributed by atoms with E-state index < -0.39 is 0 Å². The number of halogens is 2. The van der Waals surface area contributed by atoms with Gasteiger partial charge in [0.05, 0.1) is 18.9 Å². The van der Waals surface area contributed by atoms with E-state index in [9.17, 15) is 4.39 Å². The van der Waals surface area contributed by atoms with Crippen LogP contribution >= 0.6 is 15.9 Å². The molecule has 8 nitrogen and oxygen atoms in total. The Balaban J connectivity index is 1.34. The van der Waals surface area contributed by atoms with Crippen LogP contribution in [-0.4, -0.2) is 61.9 Å². The van der Waals surface area contributed by atoms with E-state index in [1.807, 2.05) is 55.2 Å². The van der Waals surface area contributed by atoms with E-state index in [4.69, 9.17) is 14.5 Å². The first-order valence-electron chi connectivity index (χ1n) is 11.0. The number of hydrogen-bond donors (Lipinski definition) is 1. The fourth-order valence-electron chi connectivity index (χ4n) is 4.24. The molecule has 0 spiro atoms. The number of likely N-dealkylation sites (N-methyl/N-ethyl adjacent to an activating group) is 1. The first-order valence-corrected chi connectivity index (χ1v) is 11.8. The van der Waals surface area contributed by atoms with Gasteiger partial charge in [-0.15, -0.1) is 0 Å². The Labute approximate surface area is 206 Å². The lowest BCUT2D eigenvalue weighted by molar-refractivity contribution is 0.0711. The highest BCUT2D eigenvalue weighted by atomic mass is 79.9. The van der Waals surface area contributed by atoms with Crippen molar-refractivity contribution in [2.75, 3.05) is 56.1 Å². The second-order valence-electron chi connectivity index (χ2n) is 8.75. The number of aromatic nitrogens is 2. The lowest BCUT2D eigenvalue weighted by Crippen LogP contribution is -2.41. The number of para-hydroxylation sites is 1. The van der Waals surface area contributed by atoms with Crippen molar-refractivity contribution in [3.63, 3.8) is 0 Å². The molecule has 0 amide bonds. The molecule has 34 heavy (non-hydrogen) atoms. The Kier molecular flexibility index (Phi) is 6.18. The van der Waals surface area contributed by atoms with Crippen molar-refractivity contribution in [3.8, 4) is 11.5 Å².